The summed E-state index contributed by atoms with van der Waals surface area (Å²) in [6.07, 6.45) is 0. The van der Waals surface area contributed by atoms with Crippen LogP contribution in [-0.4, -0.2) is 41.9 Å². The largest absolute Gasteiger partial charge is 0.351 e. The molecule has 0 aliphatic carbocycles. The molecule has 26 heavy (non-hydrogen) atoms. The van der Waals surface area contributed by atoms with E-state index in [9.17, 15) is 9.59 Å². The highest BCUT2D eigenvalue weighted by molar-refractivity contribution is 7.12. The van der Waals surface area contributed by atoms with Crippen LogP contribution in [0.3, 0.4) is 0 Å². The summed E-state index contributed by atoms with van der Waals surface area (Å²) in [6.45, 7) is 10.0. The van der Waals surface area contributed by atoms with Gasteiger partial charge in [-0.25, -0.2) is 0 Å². The molecule has 2 amide bonds. The summed E-state index contributed by atoms with van der Waals surface area (Å²) in [4.78, 5) is 27.5. The van der Waals surface area contributed by atoms with Crippen molar-refractivity contribution in [2.24, 2.45) is 0 Å². The summed E-state index contributed by atoms with van der Waals surface area (Å²) in [5, 5.41) is 7.64. The van der Waals surface area contributed by atoms with E-state index in [2.05, 4.69) is 43.2 Å². The monoisotopic (exact) mass is 373 g/mol. The van der Waals surface area contributed by atoms with Gasteiger partial charge in [0, 0.05) is 36.4 Å². The molecule has 6 heteroatoms. The van der Waals surface area contributed by atoms with Gasteiger partial charge in [-0.2, -0.15) is 0 Å². The Kier molecular flexibility index (Phi) is 7.36. The fraction of sp³-hybridized carbons (Fsp3) is 0.400. The Bertz CT molecular complexity index is 718. The number of thiophene rings is 1. The summed E-state index contributed by atoms with van der Waals surface area (Å²) in [5.74, 6) is -0.299. The number of carbonyl (C=O) groups excluding carboxylic acids is 2. The van der Waals surface area contributed by atoms with Crippen molar-refractivity contribution in [3.63, 3.8) is 0 Å². The van der Waals surface area contributed by atoms with Crippen molar-refractivity contribution >= 4 is 28.8 Å². The van der Waals surface area contributed by atoms with Gasteiger partial charge in [0.1, 0.15) is 0 Å². The van der Waals surface area contributed by atoms with E-state index in [4.69, 9.17) is 0 Å². The molecule has 2 N–H and O–H groups in total. The van der Waals surface area contributed by atoms with E-state index >= 15 is 0 Å². The highest BCUT2D eigenvalue weighted by Gasteiger charge is 2.14. The SMILES string of the molecule is CC(C)N(CCNC(=O)c1cccc(NC(=O)c2cccs2)c1)C(C)C. The first-order valence-electron chi connectivity index (χ1n) is 8.87. The first-order chi connectivity index (χ1) is 12.4. The molecule has 0 atom stereocenters. The lowest BCUT2D eigenvalue weighted by Crippen LogP contribution is -2.42. The van der Waals surface area contributed by atoms with Crippen molar-refractivity contribution < 1.29 is 9.59 Å². The highest BCUT2D eigenvalue weighted by Crippen LogP contribution is 2.15. The van der Waals surface area contributed by atoms with E-state index in [1.54, 1.807) is 30.3 Å². The second-order valence-corrected chi connectivity index (χ2v) is 7.64. The van der Waals surface area contributed by atoms with Gasteiger partial charge in [0.05, 0.1) is 4.88 Å². The number of hydrogen-bond acceptors (Lipinski definition) is 4. The summed E-state index contributed by atoms with van der Waals surface area (Å²) < 4.78 is 0. The van der Waals surface area contributed by atoms with Gasteiger partial charge < -0.3 is 10.6 Å². The number of carbonyl (C=O) groups is 2. The molecule has 0 unspecified atom stereocenters. The van der Waals surface area contributed by atoms with Gasteiger partial charge in [0.25, 0.3) is 11.8 Å². The molecule has 2 rings (SSSR count). The van der Waals surface area contributed by atoms with Crippen LogP contribution in [0.1, 0.15) is 47.7 Å². The zero-order valence-electron chi connectivity index (χ0n) is 15.8. The van der Waals surface area contributed by atoms with E-state index in [0.29, 0.717) is 34.8 Å². The van der Waals surface area contributed by atoms with Crippen molar-refractivity contribution in [3.05, 3.63) is 52.2 Å². The number of amides is 2. The maximum atomic E-state index is 12.4. The van der Waals surface area contributed by atoms with Gasteiger partial charge >= 0.3 is 0 Å². The second-order valence-electron chi connectivity index (χ2n) is 6.69. The normalized spacial score (nSPS) is 11.2. The van der Waals surface area contributed by atoms with Crippen LogP contribution in [0.25, 0.3) is 0 Å². The van der Waals surface area contributed by atoms with E-state index < -0.39 is 0 Å². The van der Waals surface area contributed by atoms with Crippen LogP contribution in [0.2, 0.25) is 0 Å². The number of nitrogens with zero attached hydrogens (tertiary/aromatic N) is 1. The molecular formula is C20H27N3O2S. The highest BCUT2D eigenvalue weighted by atomic mass is 32.1. The van der Waals surface area contributed by atoms with E-state index in [1.165, 1.54) is 11.3 Å². The van der Waals surface area contributed by atoms with Crippen LogP contribution in [0, 0.1) is 0 Å². The van der Waals surface area contributed by atoms with Crippen LogP contribution in [0.5, 0.6) is 0 Å². The maximum absolute atomic E-state index is 12.4. The predicted octanol–water partition coefficient (Wildman–Crippen LogP) is 3.85. The maximum Gasteiger partial charge on any atom is 0.265 e. The van der Waals surface area contributed by atoms with Crippen molar-refractivity contribution in [1.82, 2.24) is 10.2 Å². The third-order valence-corrected chi connectivity index (χ3v) is 4.98. The Balaban J connectivity index is 1.92. The van der Waals surface area contributed by atoms with Crippen LogP contribution < -0.4 is 10.6 Å². The molecular weight excluding hydrogens is 346 g/mol. The van der Waals surface area contributed by atoms with Gasteiger partial charge in [-0.05, 0) is 57.3 Å². The third-order valence-electron chi connectivity index (χ3n) is 4.11. The van der Waals surface area contributed by atoms with Crippen molar-refractivity contribution in [1.29, 1.82) is 0 Å². The van der Waals surface area contributed by atoms with E-state index in [-0.39, 0.29) is 11.8 Å². The van der Waals surface area contributed by atoms with Crippen molar-refractivity contribution in [2.75, 3.05) is 18.4 Å². The molecule has 2 aromatic rings. The van der Waals surface area contributed by atoms with Gasteiger partial charge in [0.2, 0.25) is 0 Å². The molecule has 0 aliphatic rings. The van der Waals surface area contributed by atoms with Gasteiger partial charge in [-0.1, -0.05) is 12.1 Å². The summed E-state index contributed by atoms with van der Waals surface area (Å²) in [5.41, 5.74) is 1.15. The molecule has 5 nitrogen and oxygen atoms in total. The molecule has 0 bridgehead atoms. The van der Waals surface area contributed by atoms with Crippen LogP contribution in [0.4, 0.5) is 5.69 Å². The van der Waals surface area contributed by atoms with Crippen LogP contribution in [0.15, 0.2) is 41.8 Å². The molecule has 0 aliphatic heterocycles. The Labute approximate surface area is 159 Å². The minimum Gasteiger partial charge on any atom is -0.351 e. The molecule has 0 radical (unpaired) electrons. The summed E-state index contributed by atoms with van der Waals surface area (Å²) in [7, 11) is 0. The molecule has 0 spiro atoms. The first kappa shape index (κ1) is 20.1. The summed E-state index contributed by atoms with van der Waals surface area (Å²) >= 11 is 1.38. The Morgan fingerprint density at radius 1 is 1.04 bits per heavy atom. The van der Waals surface area contributed by atoms with Crippen LogP contribution >= 0.6 is 11.3 Å². The minimum atomic E-state index is -0.165. The smallest absolute Gasteiger partial charge is 0.265 e. The van der Waals surface area contributed by atoms with Crippen molar-refractivity contribution in [3.8, 4) is 0 Å². The molecule has 0 saturated heterocycles. The van der Waals surface area contributed by atoms with Gasteiger partial charge in [0.15, 0.2) is 0 Å². The minimum absolute atomic E-state index is 0.135. The quantitative estimate of drug-likeness (QED) is 0.739. The first-order valence-corrected chi connectivity index (χ1v) is 9.75. The topological polar surface area (TPSA) is 61.4 Å². The number of nitrogens with one attached hydrogen (secondary N) is 2. The van der Waals surface area contributed by atoms with Crippen molar-refractivity contribution in [2.45, 2.75) is 39.8 Å². The fourth-order valence-electron chi connectivity index (χ4n) is 2.85. The number of benzene rings is 1. The zero-order chi connectivity index (χ0) is 19.1. The number of hydrogen-bond donors (Lipinski definition) is 2. The lowest BCUT2D eigenvalue weighted by Gasteiger charge is -2.30. The average Bonchev–Trinajstić information content (AvgIpc) is 3.12. The fourth-order valence-corrected chi connectivity index (χ4v) is 3.47. The lowest BCUT2D eigenvalue weighted by atomic mass is 10.2. The molecule has 0 saturated carbocycles. The number of rotatable bonds is 8. The van der Waals surface area contributed by atoms with Gasteiger partial charge in [-0.15, -0.1) is 11.3 Å². The predicted molar refractivity (Wildman–Crippen MR) is 108 cm³/mol. The third kappa shape index (κ3) is 5.68. The lowest BCUT2D eigenvalue weighted by molar-refractivity contribution is 0.0938. The second kappa shape index (κ2) is 9.50. The zero-order valence-corrected chi connectivity index (χ0v) is 16.6. The molecule has 140 valence electrons. The summed E-state index contributed by atoms with van der Waals surface area (Å²) in [6, 6.07) is 11.5. The molecule has 0 fully saturated rings. The van der Waals surface area contributed by atoms with Crippen LogP contribution in [-0.2, 0) is 0 Å². The molecule has 1 aromatic heterocycles. The molecule has 1 aromatic carbocycles. The van der Waals surface area contributed by atoms with Gasteiger partial charge in [-0.3, -0.25) is 14.5 Å². The number of anilines is 1. The molecule has 1 heterocycles. The Morgan fingerprint density at radius 2 is 1.77 bits per heavy atom. The van der Waals surface area contributed by atoms with E-state index in [1.807, 2.05) is 11.4 Å². The standard InChI is InChI=1S/C20H27N3O2S/c1-14(2)23(15(3)4)11-10-21-19(24)16-7-5-8-17(13-16)22-20(25)18-9-6-12-26-18/h5-9,12-15H,10-11H2,1-4H3,(H,21,24)(H,22,25). The average molecular weight is 374 g/mol. The Hall–Kier alpha value is -2.18. The van der Waals surface area contributed by atoms with E-state index in [0.717, 1.165) is 6.54 Å². The Morgan fingerprint density at radius 3 is 2.38 bits per heavy atom.